The molecular weight excluding hydrogens is 120 g/mol. The fourth-order valence-electron chi connectivity index (χ4n) is 0.565. The first-order valence-corrected chi connectivity index (χ1v) is 2.93. The molecule has 3 heteroatoms. The van der Waals surface area contributed by atoms with Gasteiger partial charge in [-0.3, -0.25) is 0 Å². The third-order valence-electron chi connectivity index (χ3n) is 0.958. The third kappa shape index (κ3) is 1.20. The lowest BCUT2D eigenvalue weighted by Gasteiger charge is -2.16. The van der Waals surface area contributed by atoms with Crippen molar-refractivity contribution in [3.8, 4) is 0 Å². The van der Waals surface area contributed by atoms with Crippen molar-refractivity contribution in [1.82, 2.24) is 10.6 Å². The van der Waals surface area contributed by atoms with Gasteiger partial charge in [-0.25, -0.2) is 0 Å². The number of rotatable bonds is 0. The van der Waals surface area contributed by atoms with Crippen LogP contribution in [0.25, 0.3) is 0 Å². The van der Waals surface area contributed by atoms with Gasteiger partial charge in [0.2, 0.25) is 0 Å². The van der Waals surface area contributed by atoms with Gasteiger partial charge in [0.15, 0.2) is 5.11 Å². The van der Waals surface area contributed by atoms with Crippen molar-refractivity contribution in [3.05, 3.63) is 12.3 Å². The summed E-state index contributed by atoms with van der Waals surface area (Å²) in [6.07, 6.45) is 3.86. The molecule has 1 aliphatic rings. The fraction of sp³-hybridized carbons (Fsp3) is 0.400. The maximum atomic E-state index is 4.81. The Labute approximate surface area is 54.0 Å². The minimum absolute atomic E-state index is 0.378. The summed E-state index contributed by atoms with van der Waals surface area (Å²) in [6, 6.07) is 0.378. The summed E-state index contributed by atoms with van der Waals surface area (Å²) in [6.45, 7) is 2.05. The first-order chi connectivity index (χ1) is 3.79. The maximum Gasteiger partial charge on any atom is 0.170 e. The Morgan fingerprint density at radius 2 is 2.50 bits per heavy atom. The molecule has 44 valence electrons. The Bertz CT molecular complexity index is 130. The molecule has 2 nitrogen and oxygen atoms in total. The van der Waals surface area contributed by atoms with E-state index in [4.69, 9.17) is 12.2 Å². The summed E-state index contributed by atoms with van der Waals surface area (Å²) in [5, 5.41) is 6.57. The van der Waals surface area contributed by atoms with Crippen molar-refractivity contribution in [1.29, 1.82) is 0 Å². The fourth-order valence-corrected chi connectivity index (χ4v) is 0.819. The van der Waals surface area contributed by atoms with Crippen LogP contribution in [0.5, 0.6) is 0 Å². The molecule has 0 amide bonds. The number of hydrogen-bond donors (Lipinski definition) is 2. The molecule has 0 saturated carbocycles. The molecule has 0 bridgehead atoms. The van der Waals surface area contributed by atoms with Gasteiger partial charge in [0.1, 0.15) is 0 Å². The second-order valence-corrected chi connectivity index (χ2v) is 2.17. The first kappa shape index (κ1) is 5.56. The SMILES string of the molecule is CC1C=CNC(=S)N1. The first-order valence-electron chi connectivity index (χ1n) is 2.53. The van der Waals surface area contributed by atoms with Gasteiger partial charge >= 0.3 is 0 Å². The third-order valence-corrected chi connectivity index (χ3v) is 1.19. The minimum atomic E-state index is 0.378. The zero-order valence-corrected chi connectivity index (χ0v) is 5.46. The van der Waals surface area contributed by atoms with Crippen LogP contribution in [0.3, 0.4) is 0 Å². The van der Waals surface area contributed by atoms with Gasteiger partial charge in [0, 0.05) is 12.2 Å². The van der Waals surface area contributed by atoms with Gasteiger partial charge in [0.05, 0.1) is 0 Å². The molecule has 1 aliphatic heterocycles. The van der Waals surface area contributed by atoms with Crippen LogP contribution < -0.4 is 10.6 Å². The van der Waals surface area contributed by atoms with E-state index >= 15 is 0 Å². The molecular formula is C5H8N2S. The monoisotopic (exact) mass is 128 g/mol. The van der Waals surface area contributed by atoms with E-state index in [9.17, 15) is 0 Å². The lowest BCUT2D eigenvalue weighted by Crippen LogP contribution is -2.41. The molecule has 0 spiro atoms. The molecule has 0 fully saturated rings. The summed E-state index contributed by atoms with van der Waals surface area (Å²) in [4.78, 5) is 0. The van der Waals surface area contributed by atoms with Crippen LogP contribution in [-0.2, 0) is 0 Å². The molecule has 1 heterocycles. The molecule has 0 aromatic carbocycles. The van der Waals surface area contributed by atoms with Crippen LogP contribution in [-0.4, -0.2) is 11.2 Å². The lowest BCUT2D eigenvalue weighted by molar-refractivity contribution is 0.772. The molecule has 8 heavy (non-hydrogen) atoms. The van der Waals surface area contributed by atoms with E-state index in [1.54, 1.807) is 0 Å². The largest absolute Gasteiger partial charge is 0.356 e. The van der Waals surface area contributed by atoms with E-state index in [-0.39, 0.29) is 0 Å². The highest BCUT2D eigenvalue weighted by Crippen LogP contribution is 1.87. The van der Waals surface area contributed by atoms with Crippen molar-refractivity contribution in [2.45, 2.75) is 13.0 Å². The van der Waals surface area contributed by atoms with Crippen molar-refractivity contribution in [2.24, 2.45) is 0 Å². The molecule has 0 aliphatic carbocycles. The van der Waals surface area contributed by atoms with E-state index in [1.165, 1.54) is 0 Å². The molecule has 0 radical (unpaired) electrons. The highest BCUT2D eigenvalue weighted by atomic mass is 32.1. The van der Waals surface area contributed by atoms with E-state index in [1.807, 2.05) is 19.2 Å². The van der Waals surface area contributed by atoms with E-state index in [0.29, 0.717) is 11.2 Å². The summed E-state index contributed by atoms with van der Waals surface area (Å²) >= 11 is 4.81. The van der Waals surface area contributed by atoms with Crippen molar-refractivity contribution in [2.75, 3.05) is 0 Å². The second kappa shape index (κ2) is 2.13. The smallest absolute Gasteiger partial charge is 0.170 e. The highest BCUT2D eigenvalue weighted by molar-refractivity contribution is 7.80. The molecule has 1 atom stereocenters. The average Bonchev–Trinajstić information content (AvgIpc) is 1.64. The summed E-state index contributed by atoms with van der Waals surface area (Å²) < 4.78 is 0. The van der Waals surface area contributed by atoms with Gasteiger partial charge in [-0.15, -0.1) is 0 Å². The van der Waals surface area contributed by atoms with Gasteiger partial charge < -0.3 is 10.6 Å². The van der Waals surface area contributed by atoms with Crippen molar-refractivity contribution >= 4 is 17.3 Å². The Hall–Kier alpha value is -0.570. The Balaban J connectivity index is 2.54. The number of nitrogens with one attached hydrogen (secondary N) is 2. The molecule has 1 rings (SSSR count). The summed E-state index contributed by atoms with van der Waals surface area (Å²) in [5.41, 5.74) is 0. The van der Waals surface area contributed by atoms with Gasteiger partial charge in [-0.2, -0.15) is 0 Å². The standard InChI is InChI=1S/C5H8N2S/c1-4-2-3-6-5(8)7-4/h2-4H,1H3,(H2,6,7,8). The normalized spacial score (nSPS) is 26.6. The van der Waals surface area contributed by atoms with Crippen molar-refractivity contribution < 1.29 is 0 Å². The molecule has 1 unspecified atom stereocenters. The molecule has 2 N–H and O–H groups in total. The van der Waals surface area contributed by atoms with Crippen molar-refractivity contribution in [3.63, 3.8) is 0 Å². The Morgan fingerprint density at radius 3 is 2.88 bits per heavy atom. The van der Waals surface area contributed by atoms with Gasteiger partial charge in [-0.1, -0.05) is 0 Å². The highest BCUT2D eigenvalue weighted by Gasteiger charge is 2.01. The second-order valence-electron chi connectivity index (χ2n) is 1.77. The van der Waals surface area contributed by atoms with E-state index in [0.717, 1.165) is 0 Å². The van der Waals surface area contributed by atoms with Crippen LogP contribution in [0.4, 0.5) is 0 Å². The maximum absolute atomic E-state index is 4.81. The zero-order valence-electron chi connectivity index (χ0n) is 4.64. The van der Waals surface area contributed by atoms with Gasteiger partial charge in [-0.05, 0) is 25.2 Å². The molecule has 0 aromatic heterocycles. The average molecular weight is 128 g/mol. The van der Waals surface area contributed by atoms with E-state index < -0.39 is 0 Å². The minimum Gasteiger partial charge on any atom is -0.356 e. The van der Waals surface area contributed by atoms with Crippen LogP contribution >= 0.6 is 12.2 Å². The van der Waals surface area contributed by atoms with Gasteiger partial charge in [0.25, 0.3) is 0 Å². The number of thiocarbonyl (C=S) groups is 1. The van der Waals surface area contributed by atoms with Crippen LogP contribution in [0.2, 0.25) is 0 Å². The zero-order chi connectivity index (χ0) is 5.98. The quantitative estimate of drug-likeness (QED) is 0.461. The summed E-state index contributed by atoms with van der Waals surface area (Å²) in [7, 11) is 0. The summed E-state index contributed by atoms with van der Waals surface area (Å²) in [5.74, 6) is 0. The predicted octanol–water partition coefficient (Wildman–Crippen LogP) is 0.366. The lowest BCUT2D eigenvalue weighted by atomic mass is 10.3. The van der Waals surface area contributed by atoms with Crippen LogP contribution in [0.1, 0.15) is 6.92 Å². The molecule has 0 saturated heterocycles. The molecule has 0 aromatic rings. The van der Waals surface area contributed by atoms with Crippen LogP contribution in [0.15, 0.2) is 12.3 Å². The Morgan fingerprint density at radius 1 is 1.75 bits per heavy atom. The topological polar surface area (TPSA) is 24.1 Å². The van der Waals surface area contributed by atoms with Crippen LogP contribution in [0, 0.1) is 0 Å². The predicted molar refractivity (Wildman–Crippen MR) is 37.5 cm³/mol. The number of hydrogen-bond acceptors (Lipinski definition) is 1. The van der Waals surface area contributed by atoms with E-state index in [2.05, 4.69) is 10.6 Å². The Kier molecular flexibility index (Phi) is 1.48.